The Hall–Kier alpha value is -1.30. The summed E-state index contributed by atoms with van der Waals surface area (Å²) >= 11 is 0. The minimum atomic E-state index is -0.712. The zero-order valence-electron chi connectivity index (χ0n) is 11.8. The number of aliphatic carboxylic acids is 1. The summed E-state index contributed by atoms with van der Waals surface area (Å²) in [5.74, 6) is -0.464. The van der Waals surface area contributed by atoms with Gasteiger partial charge in [-0.05, 0) is 31.6 Å². The predicted octanol–water partition coefficient (Wildman–Crippen LogP) is 0.729. The van der Waals surface area contributed by atoms with E-state index in [-0.39, 0.29) is 30.5 Å². The van der Waals surface area contributed by atoms with Crippen molar-refractivity contribution in [1.82, 2.24) is 15.1 Å². The number of amides is 2. The van der Waals surface area contributed by atoms with Crippen molar-refractivity contribution in [3.63, 3.8) is 0 Å². The zero-order chi connectivity index (χ0) is 14.1. The Kier molecular flexibility index (Phi) is 3.83. The first-order chi connectivity index (χ1) is 9.65. The lowest BCUT2D eigenvalue weighted by Crippen LogP contribution is -2.56. The topological polar surface area (TPSA) is 72.9 Å². The number of carboxylic acids is 1. The van der Waals surface area contributed by atoms with Gasteiger partial charge in [-0.2, -0.15) is 0 Å². The number of urea groups is 1. The number of carbonyl (C=O) groups excluding carboxylic acids is 1. The summed E-state index contributed by atoms with van der Waals surface area (Å²) in [6, 6.07) is 0.703. The molecule has 2 N–H and O–H groups in total. The molecule has 2 unspecified atom stereocenters. The lowest BCUT2D eigenvalue weighted by atomic mass is 9.88. The number of nitrogens with zero attached hydrogens (tertiary/aromatic N) is 2. The molecule has 6 nitrogen and oxygen atoms in total. The molecule has 0 aromatic rings. The summed E-state index contributed by atoms with van der Waals surface area (Å²) in [6.45, 7) is 3.31. The van der Waals surface area contributed by atoms with Gasteiger partial charge >= 0.3 is 12.0 Å². The van der Waals surface area contributed by atoms with E-state index in [1.165, 1.54) is 0 Å². The molecule has 6 heteroatoms. The van der Waals surface area contributed by atoms with Gasteiger partial charge in [-0.3, -0.25) is 4.79 Å². The quantitative estimate of drug-likeness (QED) is 0.782. The maximum atomic E-state index is 12.7. The minimum Gasteiger partial charge on any atom is -0.481 e. The van der Waals surface area contributed by atoms with Crippen LogP contribution in [0.25, 0.3) is 0 Å². The number of nitrogens with one attached hydrogen (secondary N) is 1. The van der Waals surface area contributed by atoms with Gasteiger partial charge in [0.05, 0.1) is 0 Å². The molecular formula is C14H23N3O3. The molecule has 3 fully saturated rings. The van der Waals surface area contributed by atoms with Crippen LogP contribution in [0.2, 0.25) is 0 Å². The van der Waals surface area contributed by atoms with Gasteiger partial charge in [0.1, 0.15) is 0 Å². The van der Waals surface area contributed by atoms with E-state index in [4.69, 9.17) is 5.11 Å². The highest BCUT2D eigenvalue weighted by atomic mass is 16.4. The van der Waals surface area contributed by atoms with Crippen molar-refractivity contribution in [1.29, 1.82) is 0 Å². The van der Waals surface area contributed by atoms with Gasteiger partial charge in [0, 0.05) is 44.7 Å². The third-order valence-electron chi connectivity index (χ3n) is 4.90. The van der Waals surface area contributed by atoms with E-state index in [2.05, 4.69) is 10.2 Å². The summed E-state index contributed by atoms with van der Waals surface area (Å²) in [4.78, 5) is 27.5. The summed E-state index contributed by atoms with van der Waals surface area (Å²) in [7, 11) is 0. The molecule has 20 heavy (non-hydrogen) atoms. The average molecular weight is 281 g/mol. The molecule has 3 saturated heterocycles. The Morgan fingerprint density at radius 2 is 1.70 bits per heavy atom. The number of fused-ring (bicyclic) bond motifs is 2. The van der Waals surface area contributed by atoms with Crippen LogP contribution >= 0.6 is 0 Å². The second-order valence-electron chi connectivity index (χ2n) is 6.25. The van der Waals surface area contributed by atoms with E-state index < -0.39 is 5.97 Å². The van der Waals surface area contributed by atoms with Crippen molar-refractivity contribution >= 4 is 12.0 Å². The fourth-order valence-electron chi connectivity index (χ4n) is 4.04. The molecule has 0 aromatic carbocycles. The van der Waals surface area contributed by atoms with E-state index in [1.54, 1.807) is 0 Å². The highest BCUT2D eigenvalue weighted by Gasteiger charge is 2.44. The van der Waals surface area contributed by atoms with E-state index in [9.17, 15) is 9.59 Å². The maximum absolute atomic E-state index is 12.7. The Balaban J connectivity index is 1.64. The van der Waals surface area contributed by atoms with Gasteiger partial charge in [-0.1, -0.05) is 0 Å². The number of piperazine rings is 1. The molecule has 3 aliphatic rings. The molecule has 2 bridgehead atoms. The van der Waals surface area contributed by atoms with Crippen LogP contribution in [0, 0.1) is 5.92 Å². The normalized spacial score (nSPS) is 33.3. The van der Waals surface area contributed by atoms with Crippen molar-refractivity contribution in [2.45, 2.75) is 44.2 Å². The average Bonchev–Trinajstić information content (AvgIpc) is 2.70. The molecule has 2 amide bonds. The summed E-state index contributed by atoms with van der Waals surface area (Å²) < 4.78 is 0. The molecule has 0 aliphatic carbocycles. The summed E-state index contributed by atoms with van der Waals surface area (Å²) in [5, 5.41) is 12.2. The first-order valence-electron chi connectivity index (χ1n) is 7.65. The van der Waals surface area contributed by atoms with Crippen molar-refractivity contribution in [3.05, 3.63) is 0 Å². The van der Waals surface area contributed by atoms with Crippen LogP contribution in [-0.2, 0) is 4.79 Å². The molecule has 3 heterocycles. The fraction of sp³-hybridized carbons (Fsp3) is 0.857. The molecule has 2 atom stereocenters. The SMILES string of the molecule is O=C(O)CC1CC2CCC(C1)N2C(=O)N1CCNCC1. The van der Waals surface area contributed by atoms with Gasteiger partial charge in [0.2, 0.25) is 0 Å². The highest BCUT2D eigenvalue weighted by molar-refractivity contribution is 5.76. The van der Waals surface area contributed by atoms with E-state index in [0.717, 1.165) is 51.9 Å². The van der Waals surface area contributed by atoms with Gasteiger partial charge in [-0.25, -0.2) is 4.79 Å². The Morgan fingerprint density at radius 3 is 2.25 bits per heavy atom. The lowest BCUT2D eigenvalue weighted by molar-refractivity contribution is -0.138. The zero-order valence-corrected chi connectivity index (χ0v) is 11.8. The number of piperidine rings is 1. The first kappa shape index (κ1) is 13.7. The van der Waals surface area contributed by atoms with Crippen LogP contribution < -0.4 is 5.32 Å². The predicted molar refractivity (Wildman–Crippen MR) is 73.5 cm³/mol. The fourth-order valence-corrected chi connectivity index (χ4v) is 4.04. The molecule has 0 spiro atoms. The molecular weight excluding hydrogens is 258 g/mol. The molecule has 112 valence electrons. The standard InChI is InChI=1S/C14H23N3O3/c18-13(19)9-10-7-11-1-2-12(8-10)17(11)14(20)16-5-3-15-4-6-16/h10-12,15H,1-9H2,(H,18,19). The highest BCUT2D eigenvalue weighted by Crippen LogP contribution is 2.40. The Labute approximate surface area is 119 Å². The number of carbonyl (C=O) groups is 2. The first-order valence-corrected chi connectivity index (χ1v) is 7.65. The van der Waals surface area contributed by atoms with Gasteiger partial charge in [-0.15, -0.1) is 0 Å². The summed E-state index contributed by atoms with van der Waals surface area (Å²) in [5.41, 5.74) is 0. The number of hydrogen-bond donors (Lipinski definition) is 2. The van der Waals surface area contributed by atoms with E-state index in [0.29, 0.717) is 0 Å². The van der Waals surface area contributed by atoms with Gasteiger partial charge in [0.25, 0.3) is 0 Å². The third-order valence-corrected chi connectivity index (χ3v) is 4.90. The van der Waals surface area contributed by atoms with Crippen LogP contribution in [0.4, 0.5) is 4.79 Å². The summed E-state index contributed by atoms with van der Waals surface area (Å²) in [6.07, 6.45) is 4.06. The van der Waals surface area contributed by atoms with Gasteiger partial charge in [0.15, 0.2) is 0 Å². The van der Waals surface area contributed by atoms with Crippen LogP contribution in [0.15, 0.2) is 0 Å². The molecule has 0 aromatic heterocycles. The van der Waals surface area contributed by atoms with Crippen LogP contribution in [0.1, 0.15) is 32.1 Å². The van der Waals surface area contributed by atoms with Crippen molar-refractivity contribution in [3.8, 4) is 0 Å². The molecule has 0 saturated carbocycles. The van der Waals surface area contributed by atoms with E-state index >= 15 is 0 Å². The van der Waals surface area contributed by atoms with Crippen molar-refractivity contribution < 1.29 is 14.7 Å². The maximum Gasteiger partial charge on any atom is 0.320 e. The van der Waals surface area contributed by atoms with E-state index in [1.807, 2.05) is 4.90 Å². The number of carboxylic acid groups (broad SMARTS) is 1. The number of rotatable bonds is 2. The molecule has 0 radical (unpaired) electrons. The second-order valence-corrected chi connectivity index (χ2v) is 6.25. The van der Waals surface area contributed by atoms with Gasteiger partial charge < -0.3 is 20.2 Å². The van der Waals surface area contributed by atoms with Crippen LogP contribution in [0.5, 0.6) is 0 Å². The van der Waals surface area contributed by atoms with Crippen molar-refractivity contribution in [2.24, 2.45) is 5.92 Å². The van der Waals surface area contributed by atoms with Crippen LogP contribution in [0.3, 0.4) is 0 Å². The minimum absolute atomic E-state index is 0.174. The number of hydrogen-bond acceptors (Lipinski definition) is 3. The van der Waals surface area contributed by atoms with Crippen molar-refractivity contribution in [2.75, 3.05) is 26.2 Å². The largest absolute Gasteiger partial charge is 0.481 e. The monoisotopic (exact) mass is 281 g/mol. The Bertz CT molecular complexity index is 381. The smallest absolute Gasteiger partial charge is 0.320 e. The Morgan fingerprint density at radius 1 is 1.10 bits per heavy atom. The van der Waals surface area contributed by atoms with Crippen LogP contribution in [-0.4, -0.2) is 65.2 Å². The molecule has 3 rings (SSSR count). The second kappa shape index (κ2) is 5.60. The molecule has 3 aliphatic heterocycles. The third kappa shape index (κ3) is 2.61. The lowest BCUT2D eigenvalue weighted by Gasteiger charge is -2.42.